The lowest BCUT2D eigenvalue weighted by Gasteiger charge is -2.12. The van der Waals surface area contributed by atoms with E-state index in [9.17, 15) is 0 Å². The van der Waals surface area contributed by atoms with Crippen molar-refractivity contribution in [3.05, 3.63) is 29.2 Å². The maximum Gasteiger partial charge on any atom is 0.223 e. The standard InChI is InChI=1S/C18H20ClN7O/c1-27-14-6-15-21-9-13(26(15)25-16(14)10-2-3-10)17-12(19)8-22-18(24-17)23-11-4-5-20-7-11/h6,8-11,20H,2-5,7H2,1H3,(H,22,23,24). The molecule has 4 heterocycles. The van der Waals surface area contributed by atoms with Crippen LogP contribution in [0.5, 0.6) is 5.75 Å². The van der Waals surface area contributed by atoms with Crippen molar-refractivity contribution in [2.75, 3.05) is 25.5 Å². The van der Waals surface area contributed by atoms with Gasteiger partial charge in [-0.2, -0.15) is 5.10 Å². The Hall–Kier alpha value is -2.45. The second-order valence-corrected chi connectivity index (χ2v) is 7.42. The number of hydrogen-bond acceptors (Lipinski definition) is 7. The van der Waals surface area contributed by atoms with Crippen LogP contribution in [0.1, 0.15) is 30.9 Å². The highest BCUT2D eigenvalue weighted by atomic mass is 35.5. The van der Waals surface area contributed by atoms with E-state index in [4.69, 9.17) is 21.4 Å². The number of ether oxygens (including phenoxy) is 1. The first-order valence-corrected chi connectivity index (χ1v) is 9.53. The van der Waals surface area contributed by atoms with Gasteiger partial charge in [-0.15, -0.1) is 0 Å². The molecule has 2 fully saturated rings. The number of hydrogen-bond donors (Lipinski definition) is 2. The summed E-state index contributed by atoms with van der Waals surface area (Å²) in [7, 11) is 1.67. The SMILES string of the molecule is COc1cc2ncc(-c3nc(NC4CCNC4)ncc3Cl)n2nc1C1CC1. The van der Waals surface area contributed by atoms with Gasteiger partial charge in [-0.05, 0) is 25.8 Å². The second-order valence-electron chi connectivity index (χ2n) is 7.01. The van der Waals surface area contributed by atoms with Crippen LogP contribution < -0.4 is 15.4 Å². The number of rotatable bonds is 5. The number of anilines is 1. The van der Waals surface area contributed by atoms with Crippen LogP contribution in [0, 0.1) is 0 Å². The van der Waals surface area contributed by atoms with Crippen molar-refractivity contribution >= 4 is 23.2 Å². The van der Waals surface area contributed by atoms with Crippen LogP contribution in [0.2, 0.25) is 5.02 Å². The Labute approximate surface area is 161 Å². The van der Waals surface area contributed by atoms with Crippen LogP contribution in [0.3, 0.4) is 0 Å². The Kier molecular flexibility index (Phi) is 4.09. The van der Waals surface area contributed by atoms with Gasteiger partial charge in [-0.1, -0.05) is 11.6 Å². The molecule has 27 heavy (non-hydrogen) atoms. The molecule has 0 spiro atoms. The van der Waals surface area contributed by atoms with E-state index >= 15 is 0 Å². The zero-order valence-electron chi connectivity index (χ0n) is 14.9. The van der Waals surface area contributed by atoms with E-state index in [1.54, 1.807) is 24.0 Å². The Morgan fingerprint density at radius 2 is 2.15 bits per heavy atom. The summed E-state index contributed by atoms with van der Waals surface area (Å²) in [6, 6.07) is 2.24. The Morgan fingerprint density at radius 1 is 1.26 bits per heavy atom. The lowest BCUT2D eigenvalue weighted by atomic mass is 10.2. The summed E-state index contributed by atoms with van der Waals surface area (Å²) in [5.74, 6) is 1.80. The molecule has 2 N–H and O–H groups in total. The number of nitrogens with zero attached hydrogens (tertiary/aromatic N) is 5. The quantitative estimate of drug-likeness (QED) is 0.697. The highest BCUT2D eigenvalue weighted by Crippen LogP contribution is 2.43. The zero-order chi connectivity index (χ0) is 18.4. The summed E-state index contributed by atoms with van der Waals surface area (Å²) in [5, 5.41) is 12.0. The lowest BCUT2D eigenvalue weighted by Crippen LogP contribution is -2.23. The smallest absolute Gasteiger partial charge is 0.223 e. The van der Waals surface area contributed by atoms with Crippen LogP contribution in [0.4, 0.5) is 5.95 Å². The van der Waals surface area contributed by atoms with Crippen molar-refractivity contribution in [3.8, 4) is 17.1 Å². The van der Waals surface area contributed by atoms with E-state index in [0.717, 1.165) is 49.5 Å². The van der Waals surface area contributed by atoms with Crippen molar-refractivity contribution in [2.45, 2.75) is 31.2 Å². The largest absolute Gasteiger partial charge is 0.495 e. The monoisotopic (exact) mass is 385 g/mol. The van der Waals surface area contributed by atoms with Crippen LogP contribution in [-0.2, 0) is 0 Å². The minimum absolute atomic E-state index is 0.324. The molecule has 0 amide bonds. The second kappa shape index (κ2) is 6.61. The van der Waals surface area contributed by atoms with E-state index in [1.807, 2.05) is 6.07 Å². The van der Waals surface area contributed by atoms with Gasteiger partial charge in [0.25, 0.3) is 0 Å². The van der Waals surface area contributed by atoms with E-state index in [1.165, 1.54) is 0 Å². The molecule has 3 aromatic rings. The first-order chi connectivity index (χ1) is 13.2. The topological polar surface area (TPSA) is 89.3 Å². The molecule has 1 saturated heterocycles. The third kappa shape index (κ3) is 3.08. The molecular formula is C18H20ClN7O. The maximum absolute atomic E-state index is 6.42. The first-order valence-electron chi connectivity index (χ1n) is 9.16. The molecule has 1 atom stereocenters. The van der Waals surface area contributed by atoms with Crippen LogP contribution in [0.15, 0.2) is 18.5 Å². The molecule has 9 heteroatoms. The third-order valence-corrected chi connectivity index (χ3v) is 5.33. The molecule has 0 aromatic carbocycles. The van der Waals surface area contributed by atoms with Gasteiger partial charge in [0.15, 0.2) is 5.65 Å². The van der Waals surface area contributed by atoms with Gasteiger partial charge >= 0.3 is 0 Å². The van der Waals surface area contributed by atoms with E-state index in [-0.39, 0.29) is 0 Å². The van der Waals surface area contributed by atoms with Crippen molar-refractivity contribution in [1.82, 2.24) is 29.9 Å². The molecule has 0 bridgehead atoms. The normalized spacial score (nSPS) is 19.6. The lowest BCUT2D eigenvalue weighted by molar-refractivity contribution is 0.405. The van der Waals surface area contributed by atoms with Gasteiger partial charge in [0.1, 0.15) is 22.8 Å². The average molecular weight is 386 g/mol. The van der Waals surface area contributed by atoms with Crippen LogP contribution in [-0.4, -0.2) is 50.8 Å². The van der Waals surface area contributed by atoms with Gasteiger partial charge in [0.05, 0.1) is 24.5 Å². The third-order valence-electron chi connectivity index (χ3n) is 5.05. The number of methoxy groups -OCH3 is 1. The molecule has 1 aliphatic carbocycles. The fraction of sp³-hybridized carbons (Fsp3) is 0.444. The molecule has 1 unspecified atom stereocenters. The van der Waals surface area contributed by atoms with Crippen molar-refractivity contribution in [3.63, 3.8) is 0 Å². The summed E-state index contributed by atoms with van der Waals surface area (Å²) in [4.78, 5) is 13.4. The fourth-order valence-corrected chi connectivity index (χ4v) is 3.64. The molecule has 1 aliphatic heterocycles. The Balaban J connectivity index is 1.57. The average Bonchev–Trinajstić information content (AvgIpc) is 3.25. The number of imidazole rings is 1. The van der Waals surface area contributed by atoms with E-state index < -0.39 is 0 Å². The Morgan fingerprint density at radius 3 is 2.89 bits per heavy atom. The minimum Gasteiger partial charge on any atom is -0.495 e. The Bertz CT molecular complexity index is 995. The summed E-state index contributed by atoms with van der Waals surface area (Å²) in [5.41, 5.74) is 3.03. The minimum atomic E-state index is 0.324. The first kappa shape index (κ1) is 16.7. The van der Waals surface area contributed by atoms with Crippen LogP contribution >= 0.6 is 11.6 Å². The number of fused-ring (bicyclic) bond motifs is 1. The van der Waals surface area contributed by atoms with Gasteiger partial charge in [-0.25, -0.2) is 19.5 Å². The molecule has 5 rings (SSSR count). The fourth-order valence-electron chi connectivity index (χ4n) is 3.45. The predicted molar refractivity (Wildman–Crippen MR) is 102 cm³/mol. The van der Waals surface area contributed by atoms with Crippen molar-refractivity contribution in [1.29, 1.82) is 0 Å². The summed E-state index contributed by atoms with van der Waals surface area (Å²) >= 11 is 6.42. The number of nitrogens with one attached hydrogen (secondary N) is 2. The number of halogens is 1. The van der Waals surface area contributed by atoms with Gasteiger partial charge in [0, 0.05) is 24.6 Å². The summed E-state index contributed by atoms with van der Waals surface area (Å²) in [6.45, 7) is 1.91. The van der Waals surface area contributed by atoms with Gasteiger partial charge in [0.2, 0.25) is 5.95 Å². The van der Waals surface area contributed by atoms with Crippen molar-refractivity contribution in [2.24, 2.45) is 0 Å². The van der Waals surface area contributed by atoms with Gasteiger partial charge in [-0.3, -0.25) is 0 Å². The summed E-state index contributed by atoms with van der Waals surface area (Å²) < 4.78 is 7.30. The molecular weight excluding hydrogens is 366 g/mol. The molecule has 8 nitrogen and oxygen atoms in total. The predicted octanol–water partition coefficient (Wildman–Crippen LogP) is 2.50. The van der Waals surface area contributed by atoms with Gasteiger partial charge < -0.3 is 15.4 Å². The molecule has 140 valence electrons. The van der Waals surface area contributed by atoms with Crippen LogP contribution in [0.25, 0.3) is 17.0 Å². The highest BCUT2D eigenvalue weighted by molar-refractivity contribution is 6.32. The molecule has 3 aromatic heterocycles. The van der Waals surface area contributed by atoms with Crippen molar-refractivity contribution < 1.29 is 4.74 Å². The van der Waals surface area contributed by atoms with E-state index in [0.29, 0.717) is 34.3 Å². The summed E-state index contributed by atoms with van der Waals surface area (Å²) in [6.07, 6.45) is 6.68. The maximum atomic E-state index is 6.42. The zero-order valence-corrected chi connectivity index (χ0v) is 15.7. The highest BCUT2D eigenvalue weighted by Gasteiger charge is 2.30. The molecule has 1 saturated carbocycles. The molecule has 0 radical (unpaired) electrons. The molecule has 2 aliphatic rings. The van der Waals surface area contributed by atoms with E-state index in [2.05, 4.69) is 25.6 Å². The number of aromatic nitrogens is 5.